The smallest absolute Gasteiger partial charge is 0.341 e. The average molecular weight is 459 g/mol. The molecule has 4 rings (SSSR count). The SMILES string of the molecule is CC(CCC1=Cc2cccc(OCC(=O)O)c2CC1)N(OCc1ccncc1)c1ccccc1. The Balaban J connectivity index is 1.42. The molecule has 0 saturated carbocycles. The maximum Gasteiger partial charge on any atom is 0.341 e. The lowest BCUT2D eigenvalue weighted by Crippen LogP contribution is -2.33. The Morgan fingerprint density at radius 2 is 1.85 bits per heavy atom. The first-order valence-electron chi connectivity index (χ1n) is 11.6. The molecule has 0 saturated heterocycles. The predicted octanol–water partition coefficient (Wildman–Crippen LogP) is 5.68. The van der Waals surface area contributed by atoms with E-state index in [0.717, 1.165) is 48.1 Å². The maximum atomic E-state index is 10.9. The third-order valence-corrected chi connectivity index (χ3v) is 5.99. The molecule has 1 heterocycles. The number of anilines is 1. The van der Waals surface area contributed by atoms with E-state index in [1.807, 2.05) is 47.5 Å². The van der Waals surface area contributed by atoms with Gasteiger partial charge in [-0.3, -0.25) is 14.9 Å². The van der Waals surface area contributed by atoms with Crippen molar-refractivity contribution in [1.29, 1.82) is 0 Å². The Hall–Kier alpha value is -3.64. The molecular weight excluding hydrogens is 428 g/mol. The number of carbonyl (C=O) groups is 1. The third kappa shape index (κ3) is 6.23. The number of carboxylic acids is 1. The number of para-hydroxylation sites is 1. The fourth-order valence-corrected chi connectivity index (χ4v) is 4.20. The summed E-state index contributed by atoms with van der Waals surface area (Å²) in [5, 5.41) is 10.9. The summed E-state index contributed by atoms with van der Waals surface area (Å²) in [5.41, 5.74) is 5.71. The average Bonchev–Trinajstić information content (AvgIpc) is 2.87. The highest BCUT2D eigenvalue weighted by Crippen LogP contribution is 2.33. The minimum atomic E-state index is -0.965. The number of fused-ring (bicyclic) bond motifs is 1. The normalized spacial score (nSPS) is 13.5. The molecule has 34 heavy (non-hydrogen) atoms. The van der Waals surface area contributed by atoms with E-state index < -0.39 is 5.97 Å². The lowest BCUT2D eigenvalue weighted by Gasteiger charge is -2.31. The van der Waals surface area contributed by atoms with Crippen molar-refractivity contribution < 1.29 is 19.5 Å². The third-order valence-electron chi connectivity index (χ3n) is 5.99. The van der Waals surface area contributed by atoms with Crippen molar-refractivity contribution in [3.8, 4) is 5.75 Å². The van der Waals surface area contributed by atoms with Crippen molar-refractivity contribution in [1.82, 2.24) is 4.98 Å². The number of hydrogen-bond donors (Lipinski definition) is 1. The molecule has 0 fully saturated rings. The molecule has 3 aromatic rings. The first-order valence-corrected chi connectivity index (χ1v) is 11.6. The second kappa shape index (κ2) is 11.5. The fourth-order valence-electron chi connectivity index (χ4n) is 4.20. The number of ether oxygens (including phenoxy) is 1. The minimum absolute atomic E-state index is 0.178. The van der Waals surface area contributed by atoms with Gasteiger partial charge in [0.1, 0.15) is 12.4 Å². The van der Waals surface area contributed by atoms with Crippen LogP contribution in [0.15, 0.2) is 78.6 Å². The van der Waals surface area contributed by atoms with E-state index in [4.69, 9.17) is 14.7 Å². The molecule has 0 spiro atoms. The Labute approximate surface area is 200 Å². The maximum absolute atomic E-state index is 10.9. The Morgan fingerprint density at radius 1 is 1.06 bits per heavy atom. The highest BCUT2D eigenvalue weighted by atomic mass is 16.7. The van der Waals surface area contributed by atoms with Gasteiger partial charge >= 0.3 is 5.97 Å². The van der Waals surface area contributed by atoms with Crippen molar-refractivity contribution in [3.05, 3.63) is 95.3 Å². The molecule has 1 aromatic heterocycles. The number of hydrogen-bond acceptors (Lipinski definition) is 5. The molecule has 6 nitrogen and oxygen atoms in total. The van der Waals surface area contributed by atoms with Crippen LogP contribution in [0.3, 0.4) is 0 Å². The number of aromatic nitrogens is 1. The second-order valence-corrected chi connectivity index (χ2v) is 8.49. The summed E-state index contributed by atoms with van der Waals surface area (Å²) in [6.07, 6.45) is 9.48. The van der Waals surface area contributed by atoms with E-state index in [1.54, 1.807) is 12.4 Å². The van der Waals surface area contributed by atoms with Crippen LogP contribution in [-0.4, -0.2) is 28.7 Å². The van der Waals surface area contributed by atoms with Crippen LogP contribution in [0.4, 0.5) is 5.69 Å². The number of carboxylic acid groups (broad SMARTS) is 1. The van der Waals surface area contributed by atoms with Gasteiger partial charge in [0.15, 0.2) is 6.61 Å². The highest BCUT2D eigenvalue weighted by Gasteiger charge is 2.19. The van der Waals surface area contributed by atoms with Crippen molar-refractivity contribution >= 4 is 17.7 Å². The van der Waals surface area contributed by atoms with Crippen LogP contribution in [-0.2, 0) is 22.7 Å². The molecule has 1 unspecified atom stereocenters. The number of pyridine rings is 1. The number of rotatable bonds is 11. The molecule has 0 amide bonds. The van der Waals surface area contributed by atoms with Gasteiger partial charge in [-0.25, -0.2) is 4.79 Å². The zero-order valence-corrected chi connectivity index (χ0v) is 19.4. The Bertz CT molecular complexity index is 1120. The largest absolute Gasteiger partial charge is 0.482 e. The van der Waals surface area contributed by atoms with Gasteiger partial charge in [0.25, 0.3) is 0 Å². The number of allylic oxidation sites excluding steroid dienone is 1. The Kier molecular flexibility index (Phi) is 7.94. The lowest BCUT2D eigenvalue weighted by atomic mass is 9.89. The molecule has 0 aliphatic heterocycles. The van der Waals surface area contributed by atoms with Crippen molar-refractivity contribution in [2.75, 3.05) is 11.7 Å². The van der Waals surface area contributed by atoms with Crippen LogP contribution in [0, 0.1) is 0 Å². The first-order chi connectivity index (χ1) is 16.6. The van der Waals surface area contributed by atoms with Crippen molar-refractivity contribution in [2.45, 2.75) is 45.3 Å². The molecular formula is C28H30N2O4. The van der Waals surface area contributed by atoms with Crippen molar-refractivity contribution in [2.24, 2.45) is 0 Å². The zero-order valence-electron chi connectivity index (χ0n) is 19.4. The molecule has 2 aromatic carbocycles. The van der Waals surface area contributed by atoms with Crippen LogP contribution in [0.25, 0.3) is 6.08 Å². The van der Waals surface area contributed by atoms with Gasteiger partial charge in [0, 0.05) is 18.0 Å². The number of benzene rings is 2. The summed E-state index contributed by atoms with van der Waals surface area (Å²) >= 11 is 0. The van der Waals surface area contributed by atoms with Gasteiger partial charge in [-0.15, -0.1) is 0 Å². The monoisotopic (exact) mass is 458 g/mol. The van der Waals surface area contributed by atoms with E-state index in [9.17, 15) is 4.79 Å². The van der Waals surface area contributed by atoms with Gasteiger partial charge in [0.05, 0.1) is 11.7 Å². The molecule has 0 radical (unpaired) electrons. The van der Waals surface area contributed by atoms with E-state index in [-0.39, 0.29) is 12.6 Å². The van der Waals surface area contributed by atoms with Crippen LogP contribution in [0.2, 0.25) is 0 Å². The summed E-state index contributed by atoms with van der Waals surface area (Å²) in [4.78, 5) is 21.2. The van der Waals surface area contributed by atoms with E-state index in [2.05, 4.69) is 36.2 Å². The summed E-state index contributed by atoms with van der Waals surface area (Å²) in [6.45, 7) is 2.35. The van der Waals surface area contributed by atoms with Crippen LogP contribution >= 0.6 is 0 Å². The second-order valence-electron chi connectivity index (χ2n) is 8.49. The summed E-state index contributed by atoms with van der Waals surface area (Å²) in [6, 6.07) is 20.1. The van der Waals surface area contributed by atoms with Gasteiger partial charge in [-0.1, -0.05) is 42.0 Å². The van der Waals surface area contributed by atoms with E-state index in [0.29, 0.717) is 12.4 Å². The van der Waals surface area contributed by atoms with Gasteiger partial charge in [-0.05, 0) is 74.1 Å². The van der Waals surface area contributed by atoms with E-state index in [1.165, 1.54) is 5.57 Å². The molecule has 0 bridgehead atoms. The molecule has 1 aliphatic rings. The lowest BCUT2D eigenvalue weighted by molar-refractivity contribution is -0.139. The first kappa shape index (κ1) is 23.5. The number of nitrogens with zero attached hydrogens (tertiary/aromatic N) is 2. The summed E-state index contributed by atoms with van der Waals surface area (Å²) < 4.78 is 5.49. The summed E-state index contributed by atoms with van der Waals surface area (Å²) in [5.74, 6) is -0.295. The van der Waals surface area contributed by atoms with Crippen LogP contribution in [0.1, 0.15) is 42.9 Å². The van der Waals surface area contributed by atoms with Gasteiger partial charge in [0.2, 0.25) is 0 Å². The van der Waals surface area contributed by atoms with Crippen molar-refractivity contribution in [3.63, 3.8) is 0 Å². The van der Waals surface area contributed by atoms with Crippen LogP contribution < -0.4 is 9.80 Å². The quantitative estimate of drug-likeness (QED) is 0.373. The van der Waals surface area contributed by atoms with Crippen LogP contribution in [0.5, 0.6) is 5.75 Å². The molecule has 6 heteroatoms. The van der Waals surface area contributed by atoms with E-state index >= 15 is 0 Å². The number of hydroxylamine groups is 1. The topological polar surface area (TPSA) is 71.9 Å². The fraction of sp³-hybridized carbons (Fsp3) is 0.286. The molecule has 1 atom stereocenters. The standard InChI is InChI=1S/C28H30N2O4/c1-21(30(25-7-3-2-4-8-25)34-19-23-14-16-29-17-15-23)10-11-22-12-13-26-24(18-22)6-5-9-27(26)33-20-28(31)32/h2-9,14-18,21H,10-13,19-20H2,1H3,(H,31,32). The highest BCUT2D eigenvalue weighted by molar-refractivity contribution is 5.69. The Morgan fingerprint density at radius 3 is 2.62 bits per heavy atom. The predicted molar refractivity (Wildman–Crippen MR) is 133 cm³/mol. The number of aliphatic carboxylic acids is 1. The minimum Gasteiger partial charge on any atom is -0.482 e. The zero-order chi connectivity index (χ0) is 23.8. The molecule has 1 aliphatic carbocycles. The molecule has 176 valence electrons. The summed E-state index contributed by atoms with van der Waals surface area (Å²) in [7, 11) is 0. The van der Waals surface area contributed by atoms with Gasteiger partial charge < -0.3 is 9.84 Å². The van der Waals surface area contributed by atoms with Gasteiger partial charge in [-0.2, -0.15) is 0 Å². The molecule has 1 N–H and O–H groups in total.